The number of hydrogen-bond donors (Lipinski definition) is 5. The van der Waals surface area contributed by atoms with E-state index in [0.29, 0.717) is 11.3 Å². The summed E-state index contributed by atoms with van der Waals surface area (Å²) in [6, 6.07) is 5.73. The molecule has 3 heterocycles. The number of piperazine rings is 1. The topological polar surface area (TPSA) is 117 Å². The second-order valence-corrected chi connectivity index (χ2v) is 7.21. The summed E-state index contributed by atoms with van der Waals surface area (Å²) < 4.78 is 1.66. The van der Waals surface area contributed by atoms with Crippen LogP contribution in [0, 0.1) is 0 Å². The van der Waals surface area contributed by atoms with Crippen LogP contribution < -0.4 is 27.2 Å². The molecular formula is C19H26N6O2. The van der Waals surface area contributed by atoms with Gasteiger partial charge in [-0.1, -0.05) is 6.07 Å². The first kappa shape index (κ1) is 18.0. The number of benzene rings is 1. The van der Waals surface area contributed by atoms with Crippen LogP contribution in [-0.2, 0) is 0 Å². The number of phenolic OH excluding ortho intramolecular Hbond substituents is 1. The molecule has 1 aromatic carbocycles. The molecule has 2 fully saturated rings. The van der Waals surface area contributed by atoms with Crippen LogP contribution in [0.3, 0.4) is 0 Å². The van der Waals surface area contributed by atoms with Gasteiger partial charge < -0.3 is 31.4 Å². The second-order valence-electron chi connectivity index (χ2n) is 7.21. The van der Waals surface area contributed by atoms with Gasteiger partial charge in [0.25, 0.3) is 5.56 Å². The molecule has 0 radical (unpaired) electrons. The van der Waals surface area contributed by atoms with E-state index in [1.54, 1.807) is 16.8 Å². The molecule has 144 valence electrons. The molecule has 27 heavy (non-hydrogen) atoms. The van der Waals surface area contributed by atoms with E-state index in [-0.39, 0.29) is 29.2 Å². The Kier molecular flexibility index (Phi) is 5.11. The number of nitrogens with two attached hydrogens (primary N) is 1. The van der Waals surface area contributed by atoms with Crippen molar-refractivity contribution in [1.29, 1.82) is 0 Å². The van der Waals surface area contributed by atoms with Gasteiger partial charge in [0.2, 0.25) is 0 Å². The fourth-order valence-corrected chi connectivity index (χ4v) is 3.87. The maximum atomic E-state index is 12.5. The lowest BCUT2D eigenvalue weighted by molar-refractivity contribution is 0.364. The van der Waals surface area contributed by atoms with E-state index in [1.165, 1.54) is 0 Å². The Morgan fingerprint density at radius 2 is 2.04 bits per heavy atom. The van der Waals surface area contributed by atoms with Crippen molar-refractivity contribution in [3.05, 3.63) is 40.3 Å². The highest BCUT2D eigenvalue weighted by molar-refractivity contribution is 5.68. The molecule has 2 aliphatic heterocycles. The Morgan fingerprint density at radius 3 is 2.78 bits per heavy atom. The lowest BCUT2D eigenvalue weighted by atomic mass is 10.00. The number of aromatic nitrogens is 2. The molecule has 6 N–H and O–H groups in total. The smallest absolute Gasteiger partial charge is 0.293 e. The van der Waals surface area contributed by atoms with Crippen LogP contribution >= 0.6 is 0 Å². The van der Waals surface area contributed by atoms with Gasteiger partial charge in [-0.3, -0.25) is 4.79 Å². The largest absolute Gasteiger partial charge is 0.507 e. The van der Waals surface area contributed by atoms with Crippen LogP contribution in [0.2, 0.25) is 0 Å². The first-order valence-corrected chi connectivity index (χ1v) is 9.50. The molecule has 2 aliphatic rings. The third kappa shape index (κ3) is 3.69. The molecule has 0 aliphatic carbocycles. The molecule has 0 amide bonds. The SMILES string of the molecule is Nc1nc(-c2cc(C3CNCCN3)ccc2O)cn(C2CCCNC2)c1=O. The highest BCUT2D eigenvalue weighted by Crippen LogP contribution is 2.31. The van der Waals surface area contributed by atoms with E-state index in [2.05, 4.69) is 20.9 Å². The maximum Gasteiger partial charge on any atom is 0.293 e. The maximum absolute atomic E-state index is 12.5. The van der Waals surface area contributed by atoms with Gasteiger partial charge >= 0.3 is 0 Å². The summed E-state index contributed by atoms with van der Waals surface area (Å²) >= 11 is 0. The molecule has 1 aromatic heterocycles. The molecule has 2 aromatic rings. The monoisotopic (exact) mass is 370 g/mol. The second kappa shape index (κ2) is 7.67. The predicted octanol–water partition coefficient (Wildman–Crippen LogP) is 0.356. The summed E-state index contributed by atoms with van der Waals surface area (Å²) in [5.41, 5.74) is 7.82. The Labute approximate surface area is 157 Å². The summed E-state index contributed by atoms with van der Waals surface area (Å²) in [6.45, 7) is 4.36. The minimum atomic E-state index is -0.277. The molecule has 2 atom stereocenters. The number of nitrogens with zero attached hydrogens (tertiary/aromatic N) is 2. The van der Waals surface area contributed by atoms with Crippen molar-refractivity contribution in [3.63, 3.8) is 0 Å². The van der Waals surface area contributed by atoms with Gasteiger partial charge in [0.1, 0.15) is 5.75 Å². The molecule has 2 unspecified atom stereocenters. The van der Waals surface area contributed by atoms with Gasteiger partial charge in [0.15, 0.2) is 5.82 Å². The van der Waals surface area contributed by atoms with Gasteiger partial charge in [-0.05, 0) is 37.1 Å². The number of nitrogen functional groups attached to an aromatic ring is 1. The van der Waals surface area contributed by atoms with Gasteiger partial charge in [-0.2, -0.15) is 0 Å². The molecule has 0 spiro atoms. The number of rotatable bonds is 3. The zero-order valence-corrected chi connectivity index (χ0v) is 15.2. The van der Waals surface area contributed by atoms with E-state index in [4.69, 9.17) is 5.73 Å². The zero-order valence-electron chi connectivity index (χ0n) is 15.2. The van der Waals surface area contributed by atoms with Crippen LogP contribution in [0.1, 0.15) is 30.5 Å². The van der Waals surface area contributed by atoms with Crippen molar-refractivity contribution in [2.24, 2.45) is 0 Å². The van der Waals surface area contributed by atoms with Crippen LogP contribution in [-0.4, -0.2) is 47.4 Å². The number of hydrogen-bond acceptors (Lipinski definition) is 7. The lowest BCUT2D eigenvalue weighted by Gasteiger charge is -2.26. The number of phenols is 1. The van der Waals surface area contributed by atoms with Crippen molar-refractivity contribution in [3.8, 4) is 17.0 Å². The third-order valence-electron chi connectivity index (χ3n) is 5.36. The molecule has 8 nitrogen and oxygen atoms in total. The summed E-state index contributed by atoms with van der Waals surface area (Å²) in [5.74, 6) is 0.0849. The van der Waals surface area contributed by atoms with Crippen molar-refractivity contribution in [1.82, 2.24) is 25.5 Å². The van der Waals surface area contributed by atoms with Crippen molar-refractivity contribution in [2.75, 3.05) is 38.5 Å². The quantitative estimate of drug-likeness (QED) is 0.529. The third-order valence-corrected chi connectivity index (χ3v) is 5.36. The van der Waals surface area contributed by atoms with Gasteiger partial charge in [-0.25, -0.2) is 4.98 Å². The minimum Gasteiger partial charge on any atom is -0.507 e. The van der Waals surface area contributed by atoms with E-state index in [9.17, 15) is 9.90 Å². The Balaban J connectivity index is 1.74. The van der Waals surface area contributed by atoms with Crippen molar-refractivity contribution >= 4 is 5.82 Å². The predicted molar refractivity (Wildman–Crippen MR) is 105 cm³/mol. The van der Waals surface area contributed by atoms with Crippen molar-refractivity contribution < 1.29 is 5.11 Å². The normalized spacial score (nSPS) is 23.3. The van der Waals surface area contributed by atoms with Gasteiger partial charge in [0, 0.05) is 50.0 Å². The average Bonchev–Trinajstić information content (AvgIpc) is 2.72. The lowest BCUT2D eigenvalue weighted by Crippen LogP contribution is -2.42. The molecule has 4 rings (SSSR count). The number of piperidine rings is 1. The van der Waals surface area contributed by atoms with E-state index >= 15 is 0 Å². The average molecular weight is 370 g/mol. The minimum absolute atomic E-state index is 0.0414. The Bertz CT molecular complexity index is 869. The zero-order chi connectivity index (χ0) is 18.8. The first-order chi connectivity index (χ1) is 13.1. The highest BCUT2D eigenvalue weighted by atomic mass is 16.3. The van der Waals surface area contributed by atoms with Crippen molar-refractivity contribution in [2.45, 2.75) is 24.9 Å². The van der Waals surface area contributed by atoms with Gasteiger partial charge in [-0.15, -0.1) is 0 Å². The fraction of sp³-hybridized carbons (Fsp3) is 0.474. The van der Waals surface area contributed by atoms with Crippen LogP contribution in [0.15, 0.2) is 29.2 Å². The number of anilines is 1. The summed E-state index contributed by atoms with van der Waals surface area (Å²) in [6.07, 6.45) is 3.65. The first-order valence-electron chi connectivity index (χ1n) is 9.50. The molecule has 8 heteroatoms. The van der Waals surface area contributed by atoms with E-state index < -0.39 is 0 Å². The molecule has 0 saturated carbocycles. The molecular weight excluding hydrogens is 344 g/mol. The van der Waals surface area contributed by atoms with Crippen LogP contribution in [0.4, 0.5) is 5.82 Å². The highest BCUT2D eigenvalue weighted by Gasteiger charge is 2.21. The molecule has 2 saturated heterocycles. The summed E-state index contributed by atoms with van der Waals surface area (Å²) in [4.78, 5) is 16.8. The van der Waals surface area contributed by atoms with Crippen LogP contribution in [0.5, 0.6) is 5.75 Å². The number of aromatic hydroxyl groups is 1. The Morgan fingerprint density at radius 1 is 1.19 bits per heavy atom. The van der Waals surface area contributed by atoms with Crippen LogP contribution in [0.25, 0.3) is 11.3 Å². The standard InChI is InChI=1S/C19H26N6O2/c20-18-19(27)25(13-2-1-5-21-9-13)11-16(24-18)14-8-12(3-4-17(14)26)15-10-22-6-7-23-15/h3-4,8,11,13,15,21-23,26H,1-2,5-7,9-10H2,(H2,20,24). The van der Waals surface area contributed by atoms with Gasteiger partial charge in [0.05, 0.1) is 5.69 Å². The molecule has 0 bridgehead atoms. The Hall–Kier alpha value is -2.42. The van der Waals surface area contributed by atoms with E-state index in [0.717, 1.165) is 51.1 Å². The van der Waals surface area contributed by atoms with E-state index in [1.807, 2.05) is 12.1 Å². The summed E-state index contributed by atoms with van der Waals surface area (Å²) in [5, 5.41) is 20.6. The number of nitrogens with one attached hydrogen (secondary N) is 3. The fourth-order valence-electron chi connectivity index (χ4n) is 3.87. The summed E-state index contributed by atoms with van der Waals surface area (Å²) in [7, 11) is 0.